The van der Waals surface area contributed by atoms with Crippen LogP contribution in [0.3, 0.4) is 0 Å². The first kappa shape index (κ1) is 20.1. The summed E-state index contributed by atoms with van der Waals surface area (Å²) in [5.74, 6) is 2.59. The second-order valence-electron chi connectivity index (χ2n) is 7.64. The molecule has 2 aromatic heterocycles. The maximum Gasteiger partial charge on any atom is 0.221 e. The van der Waals surface area contributed by atoms with Crippen LogP contribution < -0.4 is 19.5 Å². The standard InChI is InChI=1S/C25H24N2O5/c1-29-22-6-2-5-20-25(22)19(15-26-20)18(13-24(28)27-14-17-4-3-9-30-17)16-7-8-21-23(12-16)32-11-10-31-21/h2-9,12,15,18,26H,10-11,13-14H2,1H3,(H,27,28)/t18-/m1/s1. The van der Waals surface area contributed by atoms with Crippen molar-refractivity contribution in [3.63, 3.8) is 0 Å². The normalized spacial score (nSPS) is 13.7. The van der Waals surface area contributed by atoms with Crippen molar-refractivity contribution in [2.75, 3.05) is 20.3 Å². The maximum absolute atomic E-state index is 12.9. The Morgan fingerprint density at radius 2 is 2.00 bits per heavy atom. The second-order valence-corrected chi connectivity index (χ2v) is 7.64. The summed E-state index contributed by atoms with van der Waals surface area (Å²) in [5, 5.41) is 3.92. The number of carbonyl (C=O) groups excluding carboxylic acids is 1. The van der Waals surface area contributed by atoms with Gasteiger partial charge in [-0.2, -0.15) is 0 Å². The van der Waals surface area contributed by atoms with Gasteiger partial charge in [-0.05, 0) is 47.5 Å². The maximum atomic E-state index is 12.9. The lowest BCUT2D eigenvalue weighted by Gasteiger charge is -2.22. The number of H-pyrrole nitrogens is 1. The number of fused-ring (bicyclic) bond motifs is 2. The molecule has 0 fully saturated rings. The summed E-state index contributed by atoms with van der Waals surface area (Å²) in [4.78, 5) is 16.3. The first-order valence-corrected chi connectivity index (χ1v) is 10.6. The molecule has 4 aromatic rings. The molecule has 1 aliphatic heterocycles. The van der Waals surface area contributed by atoms with E-state index in [9.17, 15) is 4.79 Å². The van der Waals surface area contributed by atoms with Crippen LogP contribution in [0.25, 0.3) is 10.9 Å². The van der Waals surface area contributed by atoms with Crippen molar-refractivity contribution in [3.05, 3.63) is 77.9 Å². The lowest BCUT2D eigenvalue weighted by molar-refractivity contribution is -0.121. The predicted molar refractivity (Wildman–Crippen MR) is 119 cm³/mol. The van der Waals surface area contributed by atoms with Crippen LogP contribution >= 0.6 is 0 Å². The number of aromatic nitrogens is 1. The van der Waals surface area contributed by atoms with Gasteiger partial charge in [-0.1, -0.05) is 12.1 Å². The monoisotopic (exact) mass is 432 g/mol. The molecule has 0 unspecified atom stereocenters. The smallest absolute Gasteiger partial charge is 0.221 e. The molecule has 0 radical (unpaired) electrons. The number of hydrogen-bond donors (Lipinski definition) is 2. The highest BCUT2D eigenvalue weighted by atomic mass is 16.6. The van der Waals surface area contributed by atoms with Gasteiger partial charge in [0.25, 0.3) is 0 Å². The highest BCUT2D eigenvalue weighted by molar-refractivity contribution is 5.91. The SMILES string of the molecule is COc1cccc2[nH]cc([C@H](CC(=O)NCc3ccco3)c3ccc4c(c3)OCCO4)c12. The number of nitrogens with one attached hydrogen (secondary N) is 2. The Morgan fingerprint density at radius 1 is 1.12 bits per heavy atom. The van der Waals surface area contributed by atoms with Crippen LogP contribution in [0, 0.1) is 0 Å². The molecule has 32 heavy (non-hydrogen) atoms. The van der Waals surface area contributed by atoms with Crippen LogP contribution in [-0.4, -0.2) is 31.2 Å². The molecule has 7 nitrogen and oxygen atoms in total. The zero-order valence-electron chi connectivity index (χ0n) is 17.7. The molecule has 2 N–H and O–H groups in total. The van der Waals surface area contributed by atoms with E-state index in [1.54, 1.807) is 19.4 Å². The molecule has 0 saturated carbocycles. The van der Waals surface area contributed by atoms with E-state index in [0.29, 0.717) is 31.3 Å². The number of benzene rings is 2. The fourth-order valence-corrected chi connectivity index (χ4v) is 4.16. The van der Waals surface area contributed by atoms with Crippen molar-refractivity contribution >= 4 is 16.8 Å². The quantitative estimate of drug-likeness (QED) is 0.453. The molecule has 1 amide bonds. The van der Waals surface area contributed by atoms with Gasteiger partial charge in [0, 0.05) is 29.4 Å². The average Bonchev–Trinajstić information content (AvgIpc) is 3.51. The zero-order chi connectivity index (χ0) is 21.9. The highest BCUT2D eigenvalue weighted by Gasteiger charge is 2.25. The Hall–Kier alpha value is -3.87. The van der Waals surface area contributed by atoms with E-state index in [4.69, 9.17) is 18.6 Å². The molecule has 1 atom stereocenters. The third-order valence-corrected chi connectivity index (χ3v) is 5.69. The Morgan fingerprint density at radius 3 is 2.81 bits per heavy atom. The van der Waals surface area contributed by atoms with E-state index in [2.05, 4.69) is 10.3 Å². The number of hydrogen-bond acceptors (Lipinski definition) is 5. The third-order valence-electron chi connectivity index (χ3n) is 5.69. The lowest BCUT2D eigenvalue weighted by Crippen LogP contribution is -2.25. The predicted octanol–water partition coefficient (Wildman–Crippen LogP) is 4.38. The van der Waals surface area contributed by atoms with Gasteiger partial charge in [0.2, 0.25) is 5.91 Å². The summed E-state index contributed by atoms with van der Waals surface area (Å²) < 4.78 is 22.4. The average molecular weight is 432 g/mol. The fraction of sp³-hybridized carbons (Fsp3) is 0.240. The minimum absolute atomic E-state index is 0.0782. The minimum Gasteiger partial charge on any atom is -0.496 e. The Bertz CT molecular complexity index is 1230. The summed E-state index contributed by atoms with van der Waals surface area (Å²) >= 11 is 0. The van der Waals surface area contributed by atoms with Crippen LogP contribution in [0.15, 0.2) is 65.4 Å². The van der Waals surface area contributed by atoms with Gasteiger partial charge >= 0.3 is 0 Å². The van der Waals surface area contributed by atoms with Crippen LogP contribution in [0.1, 0.15) is 29.2 Å². The summed E-state index contributed by atoms with van der Waals surface area (Å²) in [6.07, 6.45) is 3.80. The van der Waals surface area contributed by atoms with Crippen molar-refractivity contribution in [1.29, 1.82) is 0 Å². The van der Waals surface area contributed by atoms with Crippen molar-refractivity contribution in [3.8, 4) is 17.2 Å². The highest BCUT2D eigenvalue weighted by Crippen LogP contribution is 2.41. The van der Waals surface area contributed by atoms with Crippen LogP contribution in [0.2, 0.25) is 0 Å². The zero-order valence-corrected chi connectivity index (χ0v) is 17.7. The third kappa shape index (κ3) is 3.89. The first-order valence-electron chi connectivity index (χ1n) is 10.6. The van der Waals surface area contributed by atoms with Crippen LogP contribution in [0.4, 0.5) is 0 Å². The number of furan rings is 1. The number of amides is 1. The van der Waals surface area contributed by atoms with Gasteiger partial charge in [-0.3, -0.25) is 4.79 Å². The van der Waals surface area contributed by atoms with E-state index in [0.717, 1.165) is 33.5 Å². The molecule has 7 heteroatoms. The molecule has 0 bridgehead atoms. The number of ether oxygens (including phenoxy) is 3. The molecule has 0 aliphatic carbocycles. The fourth-order valence-electron chi connectivity index (χ4n) is 4.16. The Labute approximate surface area is 185 Å². The molecule has 2 aromatic carbocycles. The summed E-state index contributed by atoms with van der Waals surface area (Å²) in [7, 11) is 1.65. The number of rotatable bonds is 7. The molecule has 1 aliphatic rings. The molecular weight excluding hydrogens is 408 g/mol. The van der Waals surface area contributed by atoms with E-state index in [-0.39, 0.29) is 18.2 Å². The second kappa shape index (κ2) is 8.70. The summed E-state index contributed by atoms with van der Waals surface area (Å²) in [6.45, 7) is 1.38. The van der Waals surface area contributed by atoms with Crippen molar-refractivity contribution in [1.82, 2.24) is 10.3 Å². The Balaban J connectivity index is 1.51. The minimum atomic E-state index is -0.215. The molecule has 5 rings (SSSR count). The van der Waals surface area contributed by atoms with Crippen LogP contribution in [-0.2, 0) is 11.3 Å². The lowest BCUT2D eigenvalue weighted by atomic mass is 9.87. The van der Waals surface area contributed by atoms with Gasteiger partial charge in [0.1, 0.15) is 24.7 Å². The van der Waals surface area contributed by atoms with Gasteiger partial charge in [0.05, 0.1) is 19.9 Å². The molecule has 0 saturated heterocycles. The van der Waals surface area contributed by atoms with Gasteiger partial charge in [-0.15, -0.1) is 0 Å². The van der Waals surface area contributed by atoms with Crippen molar-refractivity contribution in [2.45, 2.75) is 18.9 Å². The van der Waals surface area contributed by atoms with E-state index in [1.807, 2.05) is 48.7 Å². The van der Waals surface area contributed by atoms with Gasteiger partial charge in [0.15, 0.2) is 11.5 Å². The number of methoxy groups -OCH3 is 1. The topological polar surface area (TPSA) is 85.7 Å². The number of carbonyl (C=O) groups is 1. The van der Waals surface area contributed by atoms with Gasteiger partial charge in [-0.25, -0.2) is 0 Å². The van der Waals surface area contributed by atoms with E-state index < -0.39 is 0 Å². The molecule has 3 heterocycles. The first-order chi connectivity index (χ1) is 15.7. The van der Waals surface area contributed by atoms with E-state index >= 15 is 0 Å². The Kier molecular flexibility index (Phi) is 5.46. The summed E-state index contributed by atoms with van der Waals surface area (Å²) in [5.41, 5.74) is 2.91. The van der Waals surface area contributed by atoms with Crippen molar-refractivity contribution in [2.24, 2.45) is 0 Å². The molecule has 164 valence electrons. The van der Waals surface area contributed by atoms with Crippen LogP contribution in [0.5, 0.6) is 17.2 Å². The largest absolute Gasteiger partial charge is 0.496 e. The molecular formula is C25H24N2O5. The number of aromatic amines is 1. The van der Waals surface area contributed by atoms with E-state index in [1.165, 1.54) is 0 Å². The molecule has 0 spiro atoms. The van der Waals surface area contributed by atoms with Crippen molar-refractivity contribution < 1.29 is 23.4 Å². The van der Waals surface area contributed by atoms with Gasteiger partial charge < -0.3 is 28.9 Å². The summed E-state index contributed by atoms with van der Waals surface area (Å²) in [6, 6.07) is 15.4.